The van der Waals surface area contributed by atoms with Crippen LogP contribution >= 0.6 is 11.8 Å². The van der Waals surface area contributed by atoms with Crippen LogP contribution in [0.5, 0.6) is 0 Å². The van der Waals surface area contributed by atoms with Gasteiger partial charge in [0.2, 0.25) is 5.91 Å². The summed E-state index contributed by atoms with van der Waals surface area (Å²) in [5.74, 6) is -2.06. The van der Waals surface area contributed by atoms with Gasteiger partial charge in [-0.2, -0.15) is 24.9 Å². The van der Waals surface area contributed by atoms with E-state index in [4.69, 9.17) is 0 Å². The number of anilines is 1. The lowest BCUT2D eigenvalue weighted by molar-refractivity contribution is -0.185. The smallest absolute Gasteiger partial charge is 0.331 e. The number of nitrogens with zero attached hydrogens (tertiary/aromatic N) is 1. The third-order valence-electron chi connectivity index (χ3n) is 3.20. The molecule has 4 nitrogen and oxygen atoms in total. The van der Waals surface area contributed by atoms with Crippen molar-refractivity contribution in [2.45, 2.75) is 31.8 Å². The summed E-state index contributed by atoms with van der Waals surface area (Å²) in [6, 6.07) is 6.45. The number of thioether (sulfide) groups is 1. The van der Waals surface area contributed by atoms with Gasteiger partial charge in [0, 0.05) is 18.8 Å². The van der Waals surface area contributed by atoms with Gasteiger partial charge in [0.1, 0.15) is 0 Å². The summed E-state index contributed by atoms with van der Waals surface area (Å²) >= 11 is 1.39. The molecule has 0 unspecified atom stereocenters. The van der Waals surface area contributed by atoms with Crippen molar-refractivity contribution in [3.8, 4) is 0 Å². The second-order valence-electron chi connectivity index (χ2n) is 4.88. The van der Waals surface area contributed by atoms with Crippen molar-refractivity contribution in [1.82, 2.24) is 4.90 Å². The van der Waals surface area contributed by atoms with E-state index in [1.807, 2.05) is 6.26 Å². The molecule has 0 aliphatic carbocycles. The average molecular weight is 348 g/mol. The molecular formula is C15H19F3N2O2S. The average Bonchev–Trinajstić information content (AvgIpc) is 2.50. The first-order valence-electron chi connectivity index (χ1n) is 6.97. The molecule has 0 saturated heterocycles. The lowest BCUT2D eigenvalue weighted by atomic mass is 10.2. The number of hydrogen-bond acceptors (Lipinski definition) is 3. The Hall–Kier alpha value is -1.70. The Morgan fingerprint density at radius 2 is 2.00 bits per heavy atom. The van der Waals surface area contributed by atoms with Crippen LogP contribution in [-0.2, 0) is 16.1 Å². The highest BCUT2D eigenvalue weighted by atomic mass is 32.2. The van der Waals surface area contributed by atoms with Gasteiger partial charge in [0.25, 0.3) is 0 Å². The normalized spacial score (nSPS) is 12.6. The third-order valence-corrected chi connectivity index (χ3v) is 4.12. The van der Waals surface area contributed by atoms with E-state index in [0.717, 1.165) is 0 Å². The van der Waals surface area contributed by atoms with Crippen molar-refractivity contribution >= 4 is 29.3 Å². The SMILES string of the molecule is CCN(Cc1cccc(NC(=O)[C@@H](C)SC)c1)C(=O)C(F)(F)F. The third kappa shape index (κ3) is 5.78. The zero-order valence-corrected chi connectivity index (χ0v) is 13.9. The molecule has 0 fully saturated rings. The number of amides is 2. The zero-order valence-electron chi connectivity index (χ0n) is 13.1. The van der Waals surface area contributed by atoms with E-state index in [0.29, 0.717) is 16.2 Å². The molecule has 0 aliphatic heterocycles. The van der Waals surface area contributed by atoms with Gasteiger partial charge in [-0.15, -0.1) is 0 Å². The Balaban J connectivity index is 2.84. The maximum atomic E-state index is 12.5. The summed E-state index contributed by atoms with van der Waals surface area (Å²) in [7, 11) is 0. The van der Waals surface area contributed by atoms with Crippen LogP contribution in [0.4, 0.5) is 18.9 Å². The minimum atomic E-state index is -4.89. The summed E-state index contributed by atoms with van der Waals surface area (Å²) in [6.45, 7) is 3.01. The van der Waals surface area contributed by atoms with E-state index >= 15 is 0 Å². The molecule has 2 amide bonds. The first-order valence-corrected chi connectivity index (χ1v) is 8.26. The van der Waals surface area contributed by atoms with Gasteiger partial charge < -0.3 is 10.2 Å². The molecule has 0 aliphatic rings. The Bertz CT molecular complexity index is 564. The molecule has 1 atom stereocenters. The van der Waals surface area contributed by atoms with Gasteiger partial charge in [-0.25, -0.2) is 0 Å². The largest absolute Gasteiger partial charge is 0.471 e. The van der Waals surface area contributed by atoms with Gasteiger partial charge in [-0.1, -0.05) is 12.1 Å². The van der Waals surface area contributed by atoms with E-state index in [-0.39, 0.29) is 24.2 Å². The first kappa shape index (κ1) is 19.3. The van der Waals surface area contributed by atoms with Crippen LogP contribution < -0.4 is 5.32 Å². The monoisotopic (exact) mass is 348 g/mol. The molecule has 0 bridgehead atoms. The molecule has 0 saturated carbocycles. The van der Waals surface area contributed by atoms with Crippen molar-refractivity contribution in [3.63, 3.8) is 0 Å². The maximum absolute atomic E-state index is 12.5. The highest BCUT2D eigenvalue weighted by Gasteiger charge is 2.41. The highest BCUT2D eigenvalue weighted by molar-refractivity contribution is 7.99. The van der Waals surface area contributed by atoms with Crippen LogP contribution in [0.3, 0.4) is 0 Å². The Labute approximate surface area is 137 Å². The Kier molecular flexibility index (Phi) is 6.93. The summed E-state index contributed by atoms with van der Waals surface area (Å²) in [6.07, 6.45) is -3.09. The molecule has 0 aromatic heterocycles. The van der Waals surface area contributed by atoms with Crippen LogP contribution in [-0.4, -0.2) is 40.9 Å². The highest BCUT2D eigenvalue weighted by Crippen LogP contribution is 2.21. The van der Waals surface area contributed by atoms with E-state index < -0.39 is 12.1 Å². The van der Waals surface area contributed by atoms with Crippen LogP contribution in [0, 0.1) is 0 Å². The summed E-state index contributed by atoms with van der Waals surface area (Å²) in [5.41, 5.74) is 1.00. The van der Waals surface area contributed by atoms with Crippen molar-refractivity contribution < 1.29 is 22.8 Å². The van der Waals surface area contributed by atoms with Crippen molar-refractivity contribution in [2.75, 3.05) is 18.1 Å². The van der Waals surface area contributed by atoms with Crippen LogP contribution in [0.2, 0.25) is 0 Å². The fourth-order valence-corrected chi connectivity index (χ4v) is 2.10. The number of carbonyl (C=O) groups is 2. The minimum absolute atomic E-state index is 0.0571. The van der Waals surface area contributed by atoms with E-state index in [2.05, 4.69) is 5.32 Å². The molecule has 23 heavy (non-hydrogen) atoms. The van der Waals surface area contributed by atoms with Gasteiger partial charge in [0.15, 0.2) is 0 Å². The lowest BCUT2D eigenvalue weighted by Crippen LogP contribution is -2.40. The predicted octanol–water partition coefficient (Wildman–Crippen LogP) is 3.29. The predicted molar refractivity (Wildman–Crippen MR) is 85.2 cm³/mol. The van der Waals surface area contributed by atoms with Gasteiger partial charge in [-0.3, -0.25) is 9.59 Å². The maximum Gasteiger partial charge on any atom is 0.471 e. The standard InChI is InChI=1S/C15H19F3N2O2S/c1-4-20(14(22)15(16,17)18)9-11-6-5-7-12(8-11)19-13(21)10(2)23-3/h5-8,10H,4,9H2,1-3H3,(H,19,21)/t10-/m1/s1. The number of benzene rings is 1. The molecule has 8 heteroatoms. The quantitative estimate of drug-likeness (QED) is 0.858. The number of halogens is 3. The topological polar surface area (TPSA) is 49.4 Å². The van der Waals surface area contributed by atoms with E-state index in [9.17, 15) is 22.8 Å². The summed E-state index contributed by atoms with van der Waals surface area (Å²) in [4.78, 5) is 23.9. The van der Waals surface area contributed by atoms with E-state index in [1.165, 1.54) is 18.7 Å². The van der Waals surface area contributed by atoms with Gasteiger partial charge >= 0.3 is 12.1 Å². The molecule has 0 heterocycles. The second-order valence-corrected chi connectivity index (χ2v) is 6.06. The second kappa shape index (κ2) is 8.24. The zero-order chi connectivity index (χ0) is 17.6. The molecule has 0 radical (unpaired) electrons. The summed E-state index contributed by atoms with van der Waals surface area (Å²) < 4.78 is 37.6. The molecule has 0 spiro atoms. The lowest BCUT2D eigenvalue weighted by Gasteiger charge is -2.22. The Morgan fingerprint density at radius 3 is 2.52 bits per heavy atom. The number of nitrogens with one attached hydrogen (secondary N) is 1. The molecule has 1 aromatic carbocycles. The van der Waals surface area contributed by atoms with Crippen molar-refractivity contribution in [3.05, 3.63) is 29.8 Å². The number of hydrogen-bond donors (Lipinski definition) is 1. The van der Waals surface area contributed by atoms with Crippen LogP contribution in [0.15, 0.2) is 24.3 Å². The van der Waals surface area contributed by atoms with Crippen molar-refractivity contribution in [2.24, 2.45) is 0 Å². The molecule has 1 rings (SSSR count). The molecule has 1 N–H and O–H groups in total. The number of alkyl halides is 3. The fraction of sp³-hybridized carbons (Fsp3) is 0.467. The molecule has 1 aromatic rings. The first-order chi connectivity index (χ1) is 10.7. The van der Waals surface area contributed by atoms with Gasteiger partial charge in [-0.05, 0) is 37.8 Å². The minimum Gasteiger partial charge on any atom is -0.331 e. The Morgan fingerprint density at radius 1 is 1.35 bits per heavy atom. The van der Waals surface area contributed by atoms with Gasteiger partial charge in [0.05, 0.1) is 5.25 Å². The summed E-state index contributed by atoms with van der Waals surface area (Å²) in [5, 5.41) is 2.46. The van der Waals surface area contributed by atoms with E-state index in [1.54, 1.807) is 31.2 Å². The number of rotatable bonds is 6. The van der Waals surface area contributed by atoms with Crippen LogP contribution in [0.25, 0.3) is 0 Å². The van der Waals surface area contributed by atoms with Crippen molar-refractivity contribution in [1.29, 1.82) is 0 Å². The molecular weight excluding hydrogens is 329 g/mol. The number of carbonyl (C=O) groups excluding carboxylic acids is 2. The van der Waals surface area contributed by atoms with Crippen LogP contribution in [0.1, 0.15) is 19.4 Å². The fourth-order valence-electron chi connectivity index (χ4n) is 1.83. The molecule has 128 valence electrons.